The lowest BCUT2D eigenvalue weighted by Gasteiger charge is -2.38. The fourth-order valence-electron chi connectivity index (χ4n) is 2.41. The van der Waals surface area contributed by atoms with E-state index in [0.717, 1.165) is 6.42 Å². The number of carbonyl (C=O) groups is 1. The summed E-state index contributed by atoms with van der Waals surface area (Å²) in [6.07, 6.45) is 0.895. The second-order valence-corrected chi connectivity index (χ2v) is 12.3. The second kappa shape index (κ2) is 6.81. The van der Waals surface area contributed by atoms with Gasteiger partial charge in [-0.05, 0) is 31.4 Å². The fourth-order valence-corrected chi connectivity index (χ4v) is 3.77. The molecule has 2 atom stereocenters. The topological polar surface area (TPSA) is 59.0 Å². The summed E-state index contributed by atoms with van der Waals surface area (Å²) < 4.78 is 11.5. The molecule has 0 bridgehead atoms. The Hall–Kier alpha value is -0.368. The fraction of sp³-hybridized carbons (Fsp3) is 0.929. The summed E-state index contributed by atoms with van der Waals surface area (Å²) >= 11 is 0. The number of hydrogen-bond acceptors (Lipinski definition) is 5. The first-order valence-electron chi connectivity index (χ1n) is 7.69. The van der Waals surface area contributed by atoms with Crippen molar-refractivity contribution >= 4 is 21.3 Å². The van der Waals surface area contributed by atoms with Gasteiger partial charge in [-0.25, -0.2) is 0 Å². The van der Waals surface area contributed by atoms with E-state index < -0.39 is 15.4 Å². The Balaban J connectivity index is 2.69. The zero-order chi connectivity index (χ0) is 16.4. The van der Waals surface area contributed by atoms with Crippen LogP contribution < -0.4 is 0 Å². The first-order chi connectivity index (χ1) is 9.44. The van der Waals surface area contributed by atoms with Gasteiger partial charge >= 0.3 is 13.0 Å². The van der Waals surface area contributed by atoms with Gasteiger partial charge in [-0.2, -0.15) is 0 Å². The Kier molecular flexibility index (Phi) is 6.06. The van der Waals surface area contributed by atoms with Crippen molar-refractivity contribution in [3.8, 4) is 0 Å². The summed E-state index contributed by atoms with van der Waals surface area (Å²) in [5, 5.41) is 10.1. The number of esters is 1. The molecular weight excluding hydrogens is 285 g/mol. The van der Waals surface area contributed by atoms with Crippen molar-refractivity contribution in [2.45, 2.75) is 71.2 Å². The molecule has 0 aliphatic carbocycles. The van der Waals surface area contributed by atoms with E-state index in [1.54, 1.807) is 6.82 Å². The van der Waals surface area contributed by atoms with Gasteiger partial charge in [0.1, 0.15) is 6.61 Å². The highest BCUT2D eigenvalue weighted by atomic mass is 28.4. The summed E-state index contributed by atoms with van der Waals surface area (Å²) in [6, 6.07) is 0.0312. The van der Waals surface area contributed by atoms with Gasteiger partial charge in [0.25, 0.3) is 0 Å². The smallest absolute Gasteiger partial charge is 0.376 e. The number of rotatable bonds is 5. The van der Waals surface area contributed by atoms with Crippen LogP contribution in [-0.2, 0) is 14.0 Å². The quantitative estimate of drug-likeness (QED) is 0.622. The molecule has 0 aromatic carbocycles. The summed E-state index contributed by atoms with van der Waals surface area (Å²) in [5.74, 6) is -0.283. The molecular formula is C14H30BNO4Si. The molecule has 1 saturated heterocycles. The molecule has 0 aromatic heterocycles. The minimum Gasteiger partial charge on any atom is -0.464 e. The Morgan fingerprint density at radius 1 is 1.43 bits per heavy atom. The van der Waals surface area contributed by atoms with Crippen molar-refractivity contribution in [1.82, 2.24) is 4.81 Å². The highest BCUT2D eigenvalue weighted by Gasteiger charge is 2.43. The van der Waals surface area contributed by atoms with E-state index in [-0.39, 0.29) is 23.2 Å². The number of hydrogen-bond donors (Lipinski definition) is 1. The molecule has 1 N–H and O–H groups in total. The molecule has 0 unspecified atom stereocenters. The summed E-state index contributed by atoms with van der Waals surface area (Å²) in [5.41, 5.74) is 0. The van der Waals surface area contributed by atoms with Crippen molar-refractivity contribution in [2.24, 2.45) is 0 Å². The van der Waals surface area contributed by atoms with Gasteiger partial charge in [-0.15, -0.1) is 0 Å². The molecule has 0 radical (unpaired) electrons. The molecule has 5 nitrogen and oxygen atoms in total. The van der Waals surface area contributed by atoms with Crippen LogP contribution in [0.25, 0.3) is 0 Å². The van der Waals surface area contributed by atoms with Gasteiger partial charge in [0.15, 0.2) is 8.32 Å². The first kappa shape index (κ1) is 18.7. The molecule has 0 saturated carbocycles. The molecule has 1 rings (SSSR count). The Bertz CT molecular complexity index is 370. The standard InChI is InChI=1S/C14H30BNO4Si/c1-11(17)19-10-12-8-13(9-16(12)15(5)18)20-21(6,7)14(2,3)4/h12-13,18H,8-10H2,1-7H3/t12-,13+/m1/s1. The lowest BCUT2D eigenvalue weighted by molar-refractivity contribution is -0.142. The normalized spacial score (nSPS) is 24.2. The van der Waals surface area contributed by atoms with Crippen molar-refractivity contribution < 1.29 is 19.0 Å². The zero-order valence-electron chi connectivity index (χ0n) is 14.5. The third-order valence-corrected chi connectivity index (χ3v) is 9.18. The molecule has 7 heteroatoms. The van der Waals surface area contributed by atoms with Gasteiger partial charge in [0.2, 0.25) is 0 Å². The van der Waals surface area contributed by atoms with Crippen LogP contribution in [0, 0.1) is 0 Å². The number of ether oxygens (including phenoxy) is 1. The van der Waals surface area contributed by atoms with E-state index in [2.05, 4.69) is 33.9 Å². The van der Waals surface area contributed by atoms with Gasteiger partial charge in [0, 0.05) is 19.5 Å². The maximum atomic E-state index is 11.0. The molecule has 122 valence electrons. The van der Waals surface area contributed by atoms with Crippen LogP contribution in [0.1, 0.15) is 34.1 Å². The monoisotopic (exact) mass is 315 g/mol. The average Bonchev–Trinajstić information content (AvgIpc) is 2.67. The van der Waals surface area contributed by atoms with Gasteiger partial charge < -0.3 is 19.0 Å². The van der Waals surface area contributed by atoms with E-state index in [1.165, 1.54) is 6.92 Å². The highest BCUT2D eigenvalue weighted by Crippen LogP contribution is 2.38. The minimum atomic E-state index is -1.82. The highest BCUT2D eigenvalue weighted by molar-refractivity contribution is 6.74. The van der Waals surface area contributed by atoms with E-state index in [9.17, 15) is 9.82 Å². The van der Waals surface area contributed by atoms with E-state index >= 15 is 0 Å². The third kappa shape index (κ3) is 5.09. The minimum absolute atomic E-state index is 0.0312. The van der Waals surface area contributed by atoms with Gasteiger partial charge in [-0.1, -0.05) is 20.8 Å². The summed E-state index contributed by atoms with van der Waals surface area (Å²) in [7, 11) is -2.38. The van der Waals surface area contributed by atoms with Gasteiger partial charge in [-0.3, -0.25) is 4.79 Å². The largest absolute Gasteiger partial charge is 0.464 e. The van der Waals surface area contributed by atoms with Crippen LogP contribution >= 0.6 is 0 Å². The van der Waals surface area contributed by atoms with E-state index in [1.807, 2.05) is 4.81 Å². The molecule has 1 heterocycles. The molecule has 1 fully saturated rings. The molecule has 0 amide bonds. The van der Waals surface area contributed by atoms with E-state index in [4.69, 9.17) is 9.16 Å². The van der Waals surface area contributed by atoms with Gasteiger partial charge in [0.05, 0.1) is 6.10 Å². The maximum Gasteiger partial charge on any atom is 0.376 e. The van der Waals surface area contributed by atoms with Crippen molar-refractivity contribution in [1.29, 1.82) is 0 Å². The predicted molar refractivity (Wildman–Crippen MR) is 87.7 cm³/mol. The lowest BCUT2D eigenvalue weighted by Crippen LogP contribution is -2.46. The molecule has 21 heavy (non-hydrogen) atoms. The number of nitrogens with zero attached hydrogens (tertiary/aromatic N) is 1. The second-order valence-electron chi connectivity index (χ2n) is 7.52. The van der Waals surface area contributed by atoms with Crippen molar-refractivity contribution in [3.05, 3.63) is 0 Å². The first-order valence-corrected chi connectivity index (χ1v) is 10.6. The predicted octanol–water partition coefficient (Wildman–Crippen LogP) is 2.12. The van der Waals surface area contributed by atoms with Crippen LogP contribution in [0.3, 0.4) is 0 Å². The van der Waals surface area contributed by atoms with Crippen molar-refractivity contribution in [2.75, 3.05) is 13.2 Å². The molecule has 0 aromatic rings. The van der Waals surface area contributed by atoms with Crippen LogP contribution in [0.4, 0.5) is 0 Å². The zero-order valence-corrected chi connectivity index (χ0v) is 15.5. The average molecular weight is 315 g/mol. The molecule has 1 aliphatic rings. The van der Waals surface area contributed by atoms with Crippen molar-refractivity contribution in [3.63, 3.8) is 0 Å². The Morgan fingerprint density at radius 2 is 2.00 bits per heavy atom. The van der Waals surface area contributed by atoms with E-state index in [0.29, 0.717) is 13.2 Å². The molecule has 0 spiro atoms. The summed E-state index contributed by atoms with van der Waals surface area (Å²) in [4.78, 5) is 13.0. The third-order valence-electron chi connectivity index (χ3n) is 4.64. The van der Waals surface area contributed by atoms with Crippen LogP contribution in [0.15, 0.2) is 0 Å². The molecule has 1 aliphatic heterocycles. The maximum absolute atomic E-state index is 11.0. The Morgan fingerprint density at radius 3 is 2.43 bits per heavy atom. The summed E-state index contributed by atoms with van der Waals surface area (Å²) in [6.45, 7) is 15.3. The lowest BCUT2D eigenvalue weighted by atomic mass is 9.84. The SMILES string of the molecule is CB(O)N1C[C@@H](O[Si](C)(C)C(C)(C)C)C[C@@H]1COC(C)=O. The van der Waals surface area contributed by atoms with Crippen LogP contribution in [-0.4, -0.2) is 56.5 Å². The number of carbonyl (C=O) groups excluding carboxylic acids is 1. The Labute approximate surface area is 130 Å². The van der Waals surface area contributed by atoms with Crippen LogP contribution in [0.5, 0.6) is 0 Å². The van der Waals surface area contributed by atoms with Crippen LogP contribution in [0.2, 0.25) is 25.0 Å².